The Kier molecular flexibility index (Phi) is 4.43. The minimum absolute atomic E-state index is 0.358. The molecule has 2 heterocycles. The van der Waals surface area contributed by atoms with Gasteiger partial charge in [-0.2, -0.15) is 12.6 Å². The van der Waals surface area contributed by atoms with Crippen LogP contribution in [0.25, 0.3) is 6.08 Å². The Balaban J connectivity index is 2.33. The average molecular weight is 306 g/mol. The highest BCUT2D eigenvalue weighted by Gasteiger charge is 2.52. The first kappa shape index (κ1) is 16.4. The molecule has 0 amide bonds. The van der Waals surface area contributed by atoms with E-state index in [4.69, 9.17) is 15.0 Å². The molecule has 1 aliphatic rings. The van der Waals surface area contributed by atoms with Gasteiger partial charge < -0.3 is 15.0 Å². The predicted molar refractivity (Wildman–Crippen MR) is 91.3 cm³/mol. The Morgan fingerprint density at radius 1 is 1.33 bits per heavy atom. The SMILES string of the molecule is Cc1ncc(N)cc1C=C(CS)B1OC(C)(C)C(C)(C)O1. The molecule has 0 radical (unpaired) electrons. The second-order valence-electron chi connectivity index (χ2n) is 6.41. The summed E-state index contributed by atoms with van der Waals surface area (Å²) in [7, 11) is -0.395. The standard InChI is InChI=1S/C15H23BN2O2S/c1-10-11(7-13(17)8-18-10)6-12(9-21)16-19-14(2,3)15(4,5)20-16/h6-8,21H,9,17H2,1-5H3. The van der Waals surface area contributed by atoms with Crippen LogP contribution in [0.5, 0.6) is 0 Å². The van der Waals surface area contributed by atoms with E-state index in [2.05, 4.69) is 17.6 Å². The Bertz CT molecular complexity index is 557. The zero-order chi connectivity index (χ0) is 15.8. The van der Waals surface area contributed by atoms with Crippen molar-refractivity contribution in [2.45, 2.75) is 45.8 Å². The zero-order valence-corrected chi connectivity index (χ0v) is 14.2. The van der Waals surface area contributed by atoms with Crippen LogP contribution in [0.4, 0.5) is 5.69 Å². The molecule has 0 saturated carbocycles. The van der Waals surface area contributed by atoms with Gasteiger partial charge in [-0.25, -0.2) is 0 Å². The van der Waals surface area contributed by atoms with E-state index in [1.807, 2.05) is 46.8 Å². The van der Waals surface area contributed by atoms with Crippen LogP contribution in [-0.4, -0.2) is 29.1 Å². The van der Waals surface area contributed by atoms with E-state index in [1.165, 1.54) is 0 Å². The number of nitrogens with two attached hydrogens (primary N) is 1. The molecule has 6 heteroatoms. The van der Waals surface area contributed by atoms with Crippen molar-refractivity contribution in [1.29, 1.82) is 0 Å². The molecule has 0 atom stereocenters. The number of pyridine rings is 1. The minimum Gasteiger partial charge on any atom is -0.400 e. The largest absolute Gasteiger partial charge is 0.491 e. The first-order valence-electron chi connectivity index (χ1n) is 7.05. The number of hydrogen-bond donors (Lipinski definition) is 2. The second kappa shape index (κ2) is 5.67. The Morgan fingerprint density at radius 2 is 1.90 bits per heavy atom. The fourth-order valence-electron chi connectivity index (χ4n) is 2.10. The highest BCUT2D eigenvalue weighted by molar-refractivity contribution is 7.80. The molecular weight excluding hydrogens is 283 g/mol. The van der Waals surface area contributed by atoms with Crippen molar-refractivity contribution in [1.82, 2.24) is 4.98 Å². The summed E-state index contributed by atoms with van der Waals surface area (Å²) in [5.74, 6) is 0.547. The van der Waals surface area contributed by atoms with E-state index in [-0.39, 0.29) is 11.2 Å². The van der Waals surface area contributed by atoms with E-state index in [0.717, 1.165) is 16.7 Å². The van der Waals surface area contributed by atoms with Gasteiger partial charge in [0.25, 0.3) is 0 Å². The van der Waals surface area contributed by atoms with E-state index >= 15 is 0 Å². The van der Waals surface area contributed by atoms with Crippen LogP contribution in [0.3, 0.4) is 0 Å². The van der Waals surface area contributed by atoms with Crippen molar-refractivity contribution in [3.8, 4) is 0 Å². The second-order valence-corrected chi connectivity index (χ2v) is 6.73. The third-order valence-electron chi connectivity index (χ3n) is 4.23. The fourth-order valence-corrected chi connectivity index (χ4v) is 2.34. The van der Waals surface area contributed by atoms with Crippen LogP contribution in [0, 0.1) is 6.92 Å². The molecule has 0 aromatic carbocycles. The van der Waals surface area contributed by atoms with Gasteiger partial charge in [-0.1, -0.05) is 6.08 Å². The first-order chi connectivity index (χ1) is 9.66. The van der Waals surface area contributed by atoms with Crippen molar-refractivity contribution in [3.63, 3.8) is 0 Å². The van der Waals surface area contributed by atoms with Gasteiger partial charge in [0.05, 0.1) is 23.1 Å². The van der Waals surface area contributed by atoms with Gasteiger partial charge in [0.15, 0.2) is 0 Å². The van der Waals surface area contributed by atoms with Gasteiger partial charge in [-0.05, 0) is 51.7 Å². The van der Waals surface area contributed by atoms with E-state index in [0.29, 0.717) is 11.4 Å². The number of nitrogens with zero attached hydrogens (tertiary/aromatic N) is 1. The highest BCUT2D eigenvalue weighted by atomic mass is 32.1. The number of anilines is 1. The lowest BCUT2D eigenvalue weighted by Crippen LogP contribution is -2.41. The van der Waals surface area contributed by atoms with Crippen LogP contribution in [-0.2, 0) is 9.31 Å². The van der Waals surface area contributed by atoms with Crippen molar-refractivity contribution >= 4 is 31.5 Å². The van der Waals surface area contributed by atoms with Gasteiger partial charge in [-0.3, -0.25) is 4.98 Å². The van der Waals surface area contributed by atoms with Gasteiger partial charge in [0, 0.05) is 11.4 Å². The number of nitrogen functional groups attached to an aromatic ring is 1. The van der Waals surface area contributed by atoms with Crippen molar-refractivity contribution in [2.75, 3.05) is 11.5 Å². The van der Waals surface area contributed by atoms with Gasteiger partial charge in [0.1, 0.15) is 0 Å². The Morgan fingerprint density at radius 3 is 2.43 bits per heavy atom. The maximum absolute atomic E-state index is 6.07. The van der Waals surface area contributed by atoms with Crippen LogP contribution < -0.4 is 5.73 Å². The summed E-state index contributed by atoms with van der Waals surface area (Å²) in [6.07, 6.45) is 3.66. The quantitative estimate of drug-likeness (QED) is 0.666. The molecule has 1 aromatic heterocycles. The van der Waals surface area contributed by atoms with Crippen LogP contribution in [0.1, 0.15) is 39.0 Å². The van der Waals surface area contributed by atoms with Crippen LogP contribution in [0.15, 0.2) is 17.7 Å². The Hall–Kier alpha value is -0.975. The average Bonchev–Trinajstić information content (AvgIpc) is 2.59. The molecule has 2 N–H and O–H groups in total. The molecule has 4 nitrogen and oxygen atoms in total. The molecule has 114 valence electrons. The molecule has 1 aliphatic heterocycles. The lowest BCUT2D eigenvalue weighted by molar-refractivity contribution is 0.00578. The number of hydrogen-bond acceptors (Lipinski definition) is 5. The van der Waals surface area contributed by atoms with E-state index < -0.39 is 7.12 Å². The molecule has 0 aliphatic carbocycles. The molecule has 1 saturated heterocycles. The molecule has 2 rings (SSSR count). The number of rotatable bonds is 3. The molecular formula is C15H23BN2O2S. The number of thiol groups is 1. The van der Waals surface area contributed by atoms with Gasteiger partial charge in [-0.15, -0.1) is 0 Å². The minimum atomic E-state index is -0.395. The van der Waals surface area contributed by atoms with Crippen LogP contribution >= 0.6 is 12.6 Å². The maximum Gasteiger partial charge on any atom is 0.491 e. The maximum atomic E-state index is 6.07. The number of aromatic nitrogens is 1. The summed E-state index contributed by atoms with van der Waals surface area (Å²) in [6.45, 7) is 10.1. The Labute approximate surface area is 132 Å². The normalized spacial score (nSPS) is 20.9. The third-order valence-corrected chi connectivity index (χ3v) is 4.59. The molecule has 0 unspecified atom stereocenters. The lowest BCUT2D eigenvalue weighted by atomic mass is 9.78. The summed E-state index contributed by atoms with van der Waals surface area (Å²) in [5, 5.41) is 0. The first-order valence-corrected chi connectivity index (χ1v) is 7.68. The smallest absolute Gasteiger partial charge is 0.400 e. The van der Waals surface area contributed by atoms with Crippen LogP contribution in [0.2, 0.25) is 0 Å². The zero-order valence-electron chi connectivity index (χ0n) is 13.3. The molecule has 0 spiro atoms. The fraction of sp³-hybridized carbons (Fsp3) is 0.533. The number of aryl methyl sites for hydroxylation is 1. The predicted octanol–water partition coefficient (Wildman–Crippen LogP) is 2.92. The summed E-state index contributed by atoms with van der Waals surface area (Å²) < 4.78 is 12.1. The van der Waals surface area contributed by atoms with Crippen molar-refractivity contribution in [2.24, 2.45) is 0 Å². The third kappa shape index (κ3) is 3.28. The highest BCUT2D eigenvalue weighted by Crippen LogP contribution is 2.39. The van der Waals surface area contributed by atoms with E-state index in [9.17, 15) is 0 Å². The molecule has 1 aromatic rings. The lowest BCUT2D eigenvalue weighted by Gasteiger charge is -2.32. The van der Waals surface area contributed by atoms with Crippen molar-refractivity contribution < 1.29 is 9.31 Å². The van der Waals surface area contributed by atoms with Crippen molar-refractivity contribution in [3.05, 3.63) is 29.0 Å². The van der Waals surface area contributed by atoms with Gasteiger partial charge >= 0.3 is 7.12 Å². The van der Waals surface area contributed by atoms with Gasteiger partial charge in [0.2, 0.25) is 0 Å². The summed E-state index contributed by atoms with van der Waals surface area (Å²) in [6, 6.07) is 1.90. The molecule has 0 bridgehead atoms. The monoisotopic (exact) mass is 306 g/mol. The summed E-state index contributed by atoms with van der Waals surface area (Å²) in [5.41, 5.74) is 8.58. The molecule has 21 heavy (non-hydrogen) atoms. The summed E-state index contributed by atoms with van der Waals surface area (Å²) >= 11 is 4.41. The topological polar surface area (TPSA) is 57.4 Å². The summed E-state index contributed by atoms with van der Waals surface area (Å²) in [4.78, 5) is 4.27. The molecule has 1 fully saturated rings. The van der Waals surface area contributed by atoms with E-state index in [1.54, 1.807) is 6.20 Å².